The van der Waals surface area contributed by atoms with Crippen molar-refractivity contribution in [2.45, 2.75) is 25.7 Å². The van der Waals surface area contributed by atoms with Crippen LogP contribution < -0.4 is 5.32 Å². The lowest BCUT2D eigenvalue weighted by Gasteiger charge is -2.32. The largest absolute Gasteiger partial charge is 0.355 e. The normalized spacial score (nSPS) is 19.9. The molecule has 7 heteroatoms. The van der Waals surface area contributed by atoms with E-state index in [2.05, 4.69) is 20.4 Å². The van der Waals surface area contributed by atoms with Gasteiger partial charge < -0.3 is 10.2 Å². The van der Waals surface area contributed by atoms with Gasteiger partial charge in [-0.1, -0.05) is 0 Å². The Bertz CT molecular complexity index is 517. The van der Waals surface area contributed by atoms with Gasteiger partial charge in [0.05, 0.1) is 18.3 Å². The fraction of sp³-hybridized carbons (Fsp3) is 0.688. The number of carbonyl (C=O) groups is 2. The van der Waals surface area contributed by atoms with Crippen LogP contribution in [0.2, 0.25) is 0 Å². The van der Waals surface area contributed by atoms with E-state index >= 15 is 0 Å². The van der Waals surface area contributed by atoms with Crippen molar-refractivity contribution in [1.82, 2.24) is 25.3 Å². The molecule has 2 aliphatic rings. The highest BCUT2D eigenvalue weighted by Crippen LogP contribution is 2.18. The van der Waals surface area contributed by atoms with E-state index in [1.54, 1.807) is 12.4 Å². The molecule has 1 aromatic rings. The van der Waals surface area contributed by atoms with E-state index in [1.807, 2.05) is 4.90 Å². The summed E-state index contributed by atoms with van der Waals surface area (Å²) in [5.41, 5.74) is 0.613. The molecule has 0 aliphatic carbocycles. The van der Waals surface area contributed by atoms with Crippen LogP contribution in [0.4, 0.5) is 0 Å². The zero-order chi connectivity index (χ0) is 16.1. The van der Waals surface area contributed by atoms with Gasteiger partial charge in [-0.3, -0.25) is 19.6 Å². The number of hydrogen-bond acceptors (Lipinski definition) is 4. The van der Waals surface area contributed by atoms with Gasteiger partial charge in [0, 0.05) is 25.8 Å². The Morgan fingerprint density at radius 1 is 1.22 bits per heavy atom. The number of piperidine rings is 1. The van der Waals surface area contributed by atoms with Gasteiger partial charge in [0.15, 0.2) is 0 Å². The van der Waals surface area contributed by atoms with Gasteiger partial charge in [-0.05, 0) is 44.7 Å². The fourth-order valence-corrected chi connectivity index (χ4v) is 3.35. The van der Waals surface area contributed by atoms with Crippen molar-refractivity contribution in [3.05, 3.63) is 18.0 Å². The third kappa shape index (κ3) is 4.31. The second-order valence-electron chi connectivity index (χ2n) is 6.51. The molecule has 0 aromatic carbocycles. The van der Waals surface area contributed by atoms with Gasteiger partial charge in [0.2, 0.25) is 5.91 Å². The van der Waals surface area contributed by atoms with E-state index in [-0.39, 0.29) is 11.8 Å². The summed E-state index contributed by atoms with van der Waals surface area (Å²) >= 11 is 0. The topological polar surface area (TPSA) is 81.3 Å². The first-order chi connectivity index (χ1) is 11.2. The number of likely N-dealkylation sites (tertiary alicyclic amines) is 2. The molecule has 2 fully saturated rings. The van der Waals surface area contributed by atoms with Crippen LogP contribution in [-0.2, 0) is 4.79 Å². The molecule has 2 amide bonds. The van der Waals surface area contributed by atoms with Gasteiger partial charge in [-0.25, -0.2) is 0 Å². The lowest BCUT2D eigenvalue weighted by atomic mass is 9.96. The second-order valence-corrected chi connectivity index (χ2v) is 6.51. The van der Waals surface area contributed by atoms with Crippen molar-refractivity contribution >= 4 is 11.8 Å². The Labute approximate surface area is 136 Å². The van der Waals surface area contributed by atoms with Crippen molar-refractivity contribution < 1.29 is 9.59 Å². The van der Waals surface area contributed by atoms with Gasteiger partial charge >= 0.3 is 0 Å². The van der Waals surface area contributed by atoms with Crippen molar-refractivity contribution in [2.75, 3.05) is 39.3 Å². The zero-order valence-electron chi connectivity index (χ0n) is 13.5. The lowest BCUT2D eigenvalue weighted by Crippen LogP contribution is -2.43. The molecule has 0 unspecified atom stereocenters. The molecule has 2 N–H and O–H groups in total. The summed E-state index contributed by atoms with van der Waals surface area (Å²) in [5, 5.41) is 9.54. The summed E-state index contributed by atoms with van der Waals surface area (Å²) in [5.74, 6) is 0.630. The van der Waals surface area contributed by atoms with E-state index in [1.165, 1.54) is 12.8 Å². The van der Waals surface area contributed by atoms with Crippen LogP contribution in [0.1, 0.15) is 36.0 Å². The number of aromatic nitrogens is 2. The maximum Gasteiger partial charge on any atom is 0.257 e. The van der Waals surface area contributed by atoms with Crippen molar-refractivity contribution in [3.63, 3.8) is 0 Å². The van der Waals surface area contributed by atoms with Crippen molar-refractivity contribution in [3.8, 4) is 0 Å². The first-order valence-electron chi connectivity index (χ1n) is 8.49. The van der Waals surface area contributed by atoms with E-state index in [0.29, 0.717) is 18.0 Å². The smallest absolute Gasteiger partial charge is 0.257 e. The first-order valence-corrected chi connectivity index (χ1v) is 8.49. The summed E-state index contributed by atoms with van der Waals surface area (Å²) < 4.78 is 0. The van der Waals surface area contributed by atoms with Crippen LogP contribution in [0, 0.1) is 5.92 Å². The highest BCUT2D eigenvalue weighted by atomic mass is 16.2. The molecular formula is C16H25N5O2. The first kappa shape index (κ1) is 16.0. The standard InChI is InChI=1S/C16H25N5O2/c22-15(12-20-5-1-2-6-20)17-9-13-3-7-21(8-4-13)16(23)14-10-18-19-11-14/h10-11,13H,1-9,12H2,(H,17,22)(H,18,19). The maximum absolute atomic E-state index is 12.2. The quantitative estimate of drug-likeness (QED) is 0.827. The number of hydrogen-bond donors (Lipinski definition) is 2. The van der Waals surface area contributed by atoms with Crippen molar-refractivity contribution in [1.29, 1.82) is 0 Å². The van der Waals surface area contributed by atoms with Crippen LogP contribution in [0.5, 0.6) is 0 Å². The minimum Gasteiger partial charge on any atom is -0.355 e. The summed E-state index contributed by atoms with van der Waals surface area (Å²) in [6.45, 7) is 4.83. The second kappa shape index (κ2) is 7.59. The van der Waals surface area contributed by atoms with Crippen LogP contribution in [0.3, 0.4) is 0 Å². The van der Waals surface area contributed by atoms with Gasteiger partial charge in [-0.15, -0.1) is 0 Å². The summed E-state index contributed by atoms with van der Waals surface area (Å²) in [6, 6.07) is 0. The molecule has 23 heavy (non-hydrogen) atoms. The Morgan fingerprint density at radius 2 is 1.96 bits per heavy atom. The SMILES string of the molecule is O=C(CN1CCCC1)NCC1CCN(C(=O)c2cn[nH]c2)CC1. The molecule has 7 nitrogen and oxygen atoms in total. The molecule has 0 saturated carbocycles. The molecule has 0 radical (unpaired) electrons. The molecular weight excluding hydrogens is 294 g/mol. The van der Waals surface area contributed by atoms with E-state index in [9.17, 15) is 9.59 Å². The van der Waals surface area contributed by atoms with E-state index in [0.717, 1.165) is 45.6 Å². The average Bonchev–Trinajstić information content (AvgIpc) is 3.26. The number of carbonyl (C=O) groups excluding carboxylic acids is 2. The molecule has 3 rings (SSSR count). The number of nitrogens with one attached hydrogen (secondary N) is 2. The number of amides is 2. The Kier molecular flexibility index (Phi) is 5.27. The number of nitrogens with zero attached hydrogens (tertiary/aromatic N) is 3. The molecule has 2 aliphatic heterocycles. The van der Waals surface area contributed by atoms with E-state index < -0.39 is 0 Å². The third-order valence-electron chi connectivity index (χ3n) is 4.80. The third-order valence-corrected chi connectivity index (χ3v) is 4.80. The molecule has 3 heterocycles. The van der Waals surface area contributed by atoms with Gasteiger partial charge in [-0.2, -0.15) is 5.10 Å². The summed E-state index contributed by atoms with van der Waals surface area (Å²) in [6.07, 6.45) is 7.48. The number of H-pyrrole nitrogens is 1. The van der Waals surface area contributed by atoms with Gasteiger partial charge in [0.1, 0.15) is 0 Å². The zero-order valence-corrected chi connectivity index (χ0v) is 13.5. The van der Waals surface area contributed by atoms with E-state index in [4.69, 9.17) is 0 Å². The number of aromatic amines is 1. The molecule has 1 aromatic heterocycles. The minimum absolute atomic E-state index is 0.0373. The van der Waals surface area contributed by atoms with Crippen molar-refractivity contribution in [2.24, 2.45) is 5.92 Å². The highest BCUT2D eigenvalue weighted by molar-refractivity contribution is 5.93. The number of rotatable bonds is 5. The predicted octanol–water partition coefficient (Wildman–Crippen LogP) is 0.474. The molecule has 0 atom stereocenters. The monoisotopic (exact) mass is 319 g/mol. The average molecular weight is 319 g/mol. The maximum atomic E-state index is 12.2. The molecule has 0 bridgehead atoms. The molecule has 2 saturated heterocycles. The van der Waals surface area contributed by atoms with Crippen LogP contribution in [-0.4, -0.2) is 71.1 Å². The Morgan fingerprint density at radius 3 is 2.61 bits per heavy atom. The van der Waals surface area contributed by atoms with Crippen LogP contribution >= 0.6 is 0 Å². The predicted molar refractivity (Wildman–Crippen MR) is 85.9 cm³/mol. The minimum atomic E-state index is 0.0373. The summed E-state index contributed by atoms with van der Waals surface area (Å²) in [7, 11) is 0. The molecule has 0 spiro atoms. The molecule has 126 valence electrons. The fourth-order valence-electron chi connectivity index (χ4n) is 3.35. The Balaban J connectivity index is 1.36. The van der Waals surface area contributed by atoms with Crippen LogP contribution in [0.15, 0.2) is 12.4 Å². The van der Waals surface area contributed by atoms with Crippen LogP contribution in [0.25, 0.3) is 0 Å². The summed E-state index contributed by atoms with van der Waals surface area (Å²) in [4.78, 5) is 28.2. The van der Waals surface area contributed by atoms with Gasteiger partial charge in [0.25, 0.3) is 5.91 Å². The Hall–Kier alpha value is -1.89. The highest BCUT2D eigenvalue weighted by Gasteiger charge is 2.24. The lowest BCUT2D eigenvalue weighted by molar-refractivity contribution is -0.122.